The predicted molar refractivity (Wildman–Crippen MR) is 76.0 cm³/mol. The van der Waals surface area contributed by atoms with Gasteiger partial charge in [-0.15, -0.1) is 11.3 Å². The van der Waals surface area contributed by atoms with Crippen molar-refractivity contribution in [3.8, 4) is 0 Å². The van der Waals surface area contributed by atoms with Crippen LogP contribution in [0, 0.1) is 5.92 Å². The van der Waals surface area contributed by atoms with Crippen LogP contribution in [0.3, 0.4) is 0 Å². The van der Waals surface area contributed by atoms with Gasteiger partial charge in [0, 0.05) is 7.11 Å². The van der Waals surface area contributed by atoms with E-state index in [2.05, 4.69) is 29.1 Å². The van der Waals surface area contributed by atoms with Gasteiger partial charge >= 0.3 is 0 Å². The normalized spacial score (nSPS) is 13.1. The second-order valence-corrected chi connectivity index (χ2v) is 5.41. The standard InChI is InChI=1S/C12H18N4OS/c1-7(2)9(6-17-3)14-10-8-4-5-18-11(8)16-12(13)15-10/h4-5,7,9H,6H2,1-3H3,(H3,13,14,15,16). The number of hydrogen-bond acceptors (Lipinski definition) is 6. The van der Waals surface area contributed by atoms with Gasteiger partial charge in [0.1, 0.15) is 10.6 Å². The number of rotatable bonds is 5. The van der Waals surface area contributed by atoms with E-state index in [-0.39, 0.29) is 6.04 Å². The van der Waals surface area contributed by atoms with Gasteiger partial charge in [-0.3, -0.25) is 0 Å². The molecule has 0 saturated carbocycles. The molecule has 0 aliphatic rings. The minimum atomic E-state index is 0.201. The largest absolute Gasteiger partial charge is 0.383 e. The van der Waals surface area contributed by atoms with Crippen molar-refractivity contribution in [3.05, 3.63) is 11.4 Å². The first-order valence-corrected chi connectivity index (χ1v) is 6.76. The zero-order chi connectivity index (χ0) is 13.1. The lowest BCUT2D eigenvalue weighted by molar-refractivity contribution is 0.171. The first kappa shape index (κ1) is 13.0. The summed E-state index contributed by atoms with van der Waals surface area (Å²) in [6, 6.07) is 2.21. The number of aromatic nitrogens is 2. The SMILES string of the molecule is COCC(Nc1nc(N)nc2sccc12)C(C)C. The summed E-state index contributed by atoms with van der Waals surface area (Å²) in [6.45, 7) is 4.92. The van der Waals surface area contributed by atoms with E-state index in [0.29, 0.717) is 18.5 Å². The minimum Gasteiger partial charge on any atom is -0.383 e. The third-order valence-electron chi connectivity index (χ3n) is 2.82. The number of nitrogens with two attached hydrogens (primary N) is 1. The summed E-state index contributed by atoms with van der Waals surface area (Å²) in [5, 5.41) is 6.40. The molecule has 0 aromatic carbocycles. The van der Waals surface area contributed by atoms with Crippen LogP contribution in [0.1, 0.15) is 13.8 Å². The topological polar surface area (TPSA) is 73.1 Å². The number of nitrogen functional groups attached to an aromatic ring is 1. The summed E-state index contributed by atoms with van der Waals surface area (Å²) in [5.74, 6) is 1.52. The molecule has 1 atom stereocenters. The highest BCUT2D eigenvalue weighted by atomic mass is 32.1. The Morgan fingerprint density at radius 1 is 1.44 bits per heavy atom. The summed E-state index contributed by atoms with van der Waals surface area (Å²) in [4.78, 5) is 9.40. The highest BCUT2D eigenvalue weighted by molar-refractivity contribution is 7.16. The molecule has 0 radical (unpaired) electrons. The van der Waals surface area contributed by atoms with Gasteiger partial charge in [0.15, 0.2) is 0 Å². The summed E-state index contributed by atoms with van der Waals surface area (Å²) in [6.07, 6.45) is 0. The predicted octanol–water partition coefficient (Wildman–Crippen LogP) is 2.36. The summed E-state index contributed by atoms with van der Waals surface area (Å²) in [7, 11) is 1.70. The summed E-state index contributed by atoms with van der Waals surface area (Å²) >= 11 is 1.56. The van der Waals surface area contributed by atoms with Gasteiger partial charge in [0.25, 0.3) is 0 Å². The van der Waals surface area contributed by atoms with Crippen molar-refractivity contribution in [3.63, 3.8) is 0 Å². The molecule has 0 aliphatic carbocycles. The van der Waals surface area contributed by atoms with Crippen molar-refractivity contribution >= 4 is 33.3 Å². The van der Waals surface area contributed by atoms with Crippen molar-refractivity contribution in [2.45, 2.75) is 19.9 Å². The molecule has 0 amide bonds. The van der Waals surface area contributed by atoms with Crippen LogP contribution in [0.2, 0.25) is 0 Å². The second kappa shape index (κ2) is 5.49. The van der Waals surface area contributed by atoms with Crippen LogP contribution in [0.15, 0.2) is 11.4 Å². The number of hydrogen-bond donors (Lipinski definition) is 2. The number of fused-ring (bicyclic) bond motifs is 1. The van der Waals surface area contributed by atoms with Gasteiger partial charge in [-0.05, 0) is 17.4 Å². The maximum absolute atomic E-state index is 5.72. The van der Waals surface area contributed by atoms with Gasteiger partial charge in [-0.25, -0.2) is 4.98 Å². The van der Waals surface area contributed by atoms with Gasteiger partial charge in [-0.2, -0.15) is 4.98 Å². The Bertz CT molecular complexity index is 526. The molecule has 0 aliphatic heterocycles. The lowest BCUT2D eigenvalue weighted by Gasteiger charge is -2.22. The van der Waals surface area contributed by atoms with E-state index in [9.17, 15) is 0 Å². The quantitative estimate of drug-likeness (QED) is 0.869. The lowest BCUT2D eigenvalue weighted by Crippen LogP contribution is -2.31. The van der Waals surface area contributed by atoms with Crippen molar-refractivity contribution in [1.82, 2.24) is 9.97 Å². The van der Waals surface area contributed by atoms with Crippen molar-refractivity contribution in [2.75, 3.05) is 24.8 Å². The molecule has 98 valence electrons. The third-order valence-corrected chi connectivity index (χ3v) is 3.62. The van der Waals surface area contributed by atoms with Crippen LogP contribution in [0.25, 0.3) is 10.2 Å². The van der Waals surface area contributed by atoms with Gasteiger partial charge < -0.3 is 15.8 Å². The van der Waals surface area contributed by atoms with Crippen LogP contribution in [-0.2, 0) is 4.74 Å². The molecule has 1 unspecified atom stereocenters. The third kappa shape index (κ3) is 2.70. The lowest BCUT2D eigenvalue weighted by atomic mass is 10.1. The molecule has 2 rings (SSSR count). The Labute approximate surface area is 110 Å². The van der Waals surface area contributed by atoms with E-state index in [1.165, 1.54) is 0 Å². The fraction of sp³-hybridized carbons (Fsp3) is 0.500. The van der Waals surface area contributed by atoms with Crippen LogP contribution in [0.5, 0.6) is 0 Å². The molecule has 0 spiro atoms. The van der Waals surface area contributed by atoms with Gasteiger partial charge in [0.05, 0.1) is 18.0 Å². The molecule has 2 aromatic heterocycles. The first-order chi connectivity index (χ1) is 8.61. The molecule has 2 heterocycles. The average molecular weight is 266 g/mol. The molecular formula is C12H18N4OS. The molecule has 0 saturated heterocycles. The highest BCUT2D eigenvalue weighted by Gasteiger charge is 2.16. The zero-order valence-electron chi connectivity index (χ0n) is 10.8. The Kier molecular flexibility index (Phi) is 3.98. The number of methoxy groups -OCH3 is 1. The summed E-state index contributed by atoms with van der Waals surface area (Å²) in [5.41, 5.74) is 5.72. The first-order valence-electron chi connectivity index (χ1n) is 5.88. The number of anilines is 2. The van der Waals surface area contributed by atoms with Crippen LogP contribution >= 0.6 is 11.3 Å². The van der Waals surface area contributed by atoms with E-state index in [1.807, 2.05) is 11.4 Å². The summed E-state index contributed by atoms with van der Waals surface area (Å²) < 4.78 is 5.23. The molecule has 5 nitrogen and oxygen atoms in total. The van der Waals surface area contributed by atoms with E-state index < -0.39 is 0 Å². The van der Waals surface area contributed by atoms with E-state index in [1.54, 1.807) is 18.4 Å². The van der Waals surface area contributed by atoms with E-state index in [0.717, 1.165) is 16.0 Å². The fourth-order valence-electron chi connectivity index (χ4n) is 1.74. The van der Waals surface area contributed by atoms with Crippen LogP contribution in [-0.4, -0.2) is 29.7 Å². The van der Waals surface area contributed by atoms with Crippen LogP contribution in [0.4, 0.5) is 11.8 Å². The zero-order valence-corrected chi connectivity index (χ0v) is 11.6. The Balaban J connectivity index is 2.32. The van der Waals surface area contributed by atoms with Crippen molar-refractivity contribution in [2.24, 2.45) is 5.92 Å². The molecule has 2 aromatic rings. The number of nitrogens with one attached hydrogen (secondary N) is 1. The van der Waals surface area contributed by atoms with Gasteiger partial charge in [0.2, 0.25) is 5.95 Å². The van der Waals surface area contributed by atoms with E-state index >= 15 is 0 Å². The fourth-order valence-corrected chi connectivity index (χ4v) is 2.51. The number of thiophene rings is 1. The monoisotopic (exact) mass is 266 g/mol. The van der Waals surface area contributed by atoms with Crippen molar-refractivity contribution in [1.29, 1.82) is 0 Å². The smallest absolute Gasteiger partial charge is 0.223 e. The molecule has 18 heavy (non-hydrogen) atoms. The average Bonchev–Trinajstić information content (AvgIpc) is 2.76. The second-order valence-electron chi connectivity index (χ2n) is 4.52. The Morgan fingerprint density at radius 3 is 2.89 bits per heavy atom. The maximum Gasteiger partial charge on any atom is 0.223 e. The van der Waals surface area contributed by atoms with Crippen LogP contribution < -0.4 is 11.1 Å². The van der Waals surface area contributed by atoms with E-state index in [4.69, 9.17) is 10.5 Å². The minimum absolute atomic E-state index is 0.201. The molecule has 0 bridgehead atoms. The van der Waals surface area contributed by atoms with Gasteiger partial charge in [-0.1, -0.05) is 13.8 Å². The number of ether oxygens (including phenoxy) is 1. The number of nitrogens with zero attached hydrogens (tertiary/aromatic N) is 2. The Morgan fingerprint density at radius 2 is 2.22 bits per heavy atom. The van der Waals surface area contributed by atoms with Crippen molar-refractivity contribution < 1.29 is 4.74 Å². The Hall–Kier alpha value is -1.40. The highest BCUT2D eigenvalue weighted by Crippen LogP contribution is 2.26. The maximum atomic E-state index is 5.72. The molecular weight excluding hydrogens is 248 g/mol. The molecule has 6 heteroatoms. The molecule has 3 N–H and O–H groups in total. The molecule has 0 fully saturated rings.